The molecule has 0 unspecified atom stereocenters. The predicted octanol–water partition coefficient (Wildman–Crippen LogP) is 2.77. The zero-order valence-electron chi connectivity index (χ0n) is 8.28. The van der Waals surface area contributed by atoms with Gasteiger partial charge < -0.3 is 11.5 Å². The van der Waals surface area contributed by atoms with Crippen LogP contribution < -0.4 is 11.5 Å². The van der Waals surface area contributed by atoms with E-state index in [-0.39, 0.29) is 12.1 Å². The van der Waals surface area contributed by atoms with Gasteiger partial charge >= 0.3 is 12.4 Å². The average molecular weight is 258 g/mol. The first-order chi connectivity index (χ1) is 7.59. The quantitative estimate of drug-likeness (QED) is 0.601. The van der Waals surface area contributed by atoms with Crippen LogP contribution in [0.15, 0.2) is 12.1 Å². The van der Waals surface area contributed by atoms with E-state index < -0.39 is 29.2 Å². The van der Waals surface area contributed by atoms with Gasteiger partial charge in [0.05, 0.1) is 11.1 Å². The van der Waals surface area contributed by atoms with E-state index in [1.165, 1.54) is 0 Å². The third-order valence-corrected chi connectivity index (χ3v) is 2.14. The Labute approximate surface area is 92.2 Å². The lowest BCUT2D eigenvalue weighted by Crippen LogP contribution is -2.20. The van der Waals surface area contributed by atoms with Crippen molar-refractivity contribution in [1.82, 2.24) is 0 Å². The molecule has 2 nitrogen and oxygen atoms in total. The van der Waals surface area contributed by atoms with Crippen LogP contribution in [-0.2, 0) is 18.9 Å². The van der Waals surface area contributed by atoms with Crippen LogP contribution in [0.4, 0.5) is 32.0 Å². The molecule has 0 aliphatic heterocycles. The maximum Gasteiger partial charge on any atom is 0.418 e. The van der Waals surface area contributed by atoms with Crippen molar-refractivity contribution in [3.05, 3.63) is 28.8 Å². The minimum absolute atomic E-state index is 0.176. The first-order valence-electron chi connectivity index (χ1n) is 4.35. The third-order valence-electron chi connectivity index (χ3n) is 2.14. The summed E-state index contributed by atoms with van der Waals surface area (Å²) in [7, 11) is 0. The highest BCUT2D eigenvalue weighted by molar-refractivity contribution is 5.59. The Kier molecular flexibility index (Phi) is 3.28. The van der Waals surface area contributed by atoms with E-state index in [4.69, 9.17) is 11.5 Å². The van der Waals surface area contributed by atoms with Crippen LogP contribution in [0.25, 0.3) is 0 Å². The van der Waals surface area contributed by atoms with Crippen LogP contribution >= 0.6 is 0 Å². The number of alkyl halides is 6. The zero-order chi connectivity index (χ0) is 13.4. The molecule has 0 aromatic heterocycles. The number of hydrogen-bond acceptors (Lipinski definition) is 2. The highest BCUT2D eigenvalue weighted by atomic mass is 19.4. The monoisotopic (exact) mass is 258 g/mol. The zero-order valence-corrected chi connectivity index (χ0v) is 8.28. The van der Waals surface area contributed by atoms with Gasteiger partial charge in [-0.1, -0.05) is 6.07 Å². The van der Waals surface area contributed by atoms with Crippen molar-refractivity contribution in [1.29, 1.82) is 0 Å². The smallest absolute Gasteiger partial charge is 0.398 e. The summed E-state index contributed by atoms with van der Waals surface area (Å²) in [4.78, 5) is 0. The Morgan fingerprint density at radius 1 is 0.941 bits per heavy atom. The van der Waals surface area contributed by atoms with E-state index in [0.29, 0.717) is 6.07 Å². The molecule has 8 heteroatoms. The van der Waals surface area contributed by atoms with Gasteiger partial charge in [-0.25, -0.2) is 0 Å². The van der Waals surface area contributed by atoms with Gasteiger partial charge in [0.15, 0.2) is 0 Å². The number of halogens is 6. The van der Waals surface area contributed by atoms with E-state index in [9.17, 15) is 26.3 Å². The van der Waals surface area contributed by atoms with Gasteiger partial charge in [0, 0.05) is 12.2 Å². The van der Waals surface area contributed by atoms with Gasteiger partial charge in [0.1, 0.15) is 0 Å². The largest absolute Gasteiger partial charge is 0.418 e. The molecule has 0 aliphatic carbocycles. The molecule has 4 N–H and O–H groups in total. The second kappa shape index (κ2) is 4.10. The molecule has 0 aliphatic rings. The number of nitrogens with two attached hydrogens (primary N) is 2. The molecular formula is C9H8F6N2. The van der Waals surface area contributed by atoms with Crippen LogP contribution in [0.2, 0.25) is 0 Å². The molecule has 0 saturated carbocycles. The van der Waals surface area contributed by atoms with Gasteiger partial charge in [0.25, 0.3) is 0 Å². The van der Waals surface area contributed by atoms with Gasteiger partial charge in [0.2, 0.25) is 0 Å². The van der Waals surface area contributed by atoms with E-state index in [1.807, 2.05) is 0 Å². The Morgan fingerprint density at radius 3 is 1.82 bits per heavy atom. The summed E-state index contributed by atoms with van der Waals surface area (Å²) in [5.41, 5.74) is 5.33. The second-order valence-corrected chi connectivity index (χ2v) is 3.26. The topological polar surface area (TPSA) is 52.0 Å². The Morgan fingerprint density at radius 2 is 1.47 bits per heavy atom. The number of rotatable bonds is 1. The van der Waals surface area contributed by atoms with Crippen molar-refractivity contribution in [2.75, 3.05) is 5.73 Å². The van der Waals surface area contributed by atoms with Crippen molar-refractivity contribution in [2.24, 2.45) is 5.73 Å². The summed E-state index contributed by atoms with van der Waals surface area (Å²) in [5.74, 6) is 0. The SMILES string of the molecule is NCc1ccc(C(F)(F)F)c(C(F)(F)F)c1N. The normalized spacial score (nSPS) is 12.9. The van der Waals surface area contributed by atoms with Crippen LogP contribution in [-0.4, -0.2) is 0 Å². The summed E-state index contributed by atoms with van der Waals surface area (Å²) < 4.78 is 74.8. The van der Waals surface area contributed by atoms with E-state index in [1.54, 1.807) is 0 Å². The summed E-state index contributed by atoms with van der Waals surface area (Å²) >= 11 is 0. The molecule has 17 heavy (non-hydrogen) atoms. The molecule has 1 aromatic rings. The van der Waals surface area contributed by atoms with Crippen LogP contribution in [0.3, 0.4) is 0 Å². The van der Waals surface area contributed by atoms with Gasteiger partial charge in [-0.3, -0.25) is 0 Å². The highest BCUT2D eigenvalue weighted by Gasteiger charge is 2.44. The van der Waals surface area contributed by atoms with Crippen molar-refractivity contribution < 1.29 is 26.3 Å². The fraction of sp³-hybridized carbons (Fsp3) is 0.333. The molecule has 0 heterocycles. The molecule has 0 spiro atoms. The maximum absolute atomic E-state index is 12.5. The second-order valence-electron chi connectivity index (χ2n) is 3.26. The third kappa shape index (κ3) is 2.63. The fourth-order valence-electron chi connectivity index (χ4n) is 1.38. The van der Waals surface area contributed by atoms with Gasteiger partial charge in [-0.05, 0) is 11.6 Å². The Bertz CT molecular complexity index is 421. The summed E-state index contributed by atoms with van der Waals surface area (Å²) in [6, 6.07) is 1.18. The molecular weight excluding hydrogens is 250 g/mol. The minimum Gasteiger partial charge on any atom is -0.398 e. The van der Waals surface area contributed by atoms with Crippen molar-refractivity contribution in [3.8, 4) is 0 Å². The number of anilines is 1. The lowest BCUT2D eigenvalue weighted by Gasteiger charge is -2.19. The summed E-state index contributed by atoms with van der Waals surface area (Å²) in [5, 5.41) is 0. The number of hydrogen-bond donors (Lipinski definition) is 2. The number of nitrogen functional groups attached to an aromatic ring is 1. The summed E-state index contributed by atoms with van der Waals surface area (Å²) in [6.45, 7) is -0.368. The van der Waals surface area contributed by atoms with Crippen molar-refractivity contribution >= 4 is 5.69 Å². The van der Waals surface area contributed by atoms with Gasteiger partial charge in [-0.2, -0.15) is 26.3 Å². The van der Waals surface area contributed by atoms with Crippen LogP contribution in [0.1, 0.15) is 16.7 Å². The fourth-order valence-corrected chi connectivity index (χ4v) is 1.38. The Balaban J connectivity index is 3.59. The standard InChI is InChI=1S/C9H8F6N2/c10-8(11,12)5-2-1-4(3-16)7(17)6(5)9(13,14)15/h1-2H,3,16-17H2. The first-order valence-corrected chi connectivity index (χ1v) is 4.35. The van der Waals surface area contributed by atoms with Crippen molar-refractivity contribution in [3.63, 3.8) is 0 Å². The van der Waals surface area contributed by atoms with Crippen LogP contribution in [0.5, 0.6) is 0 Å². The lowest BCUT2D eigenvalue weighted by atomic mass is 10.00. The average Bonchev–Trinajstić information content (AvgIpc) is 2.13. The maximum atomic E-state index is 12.5. The Hall–Kier alpha value is -1.44. The summed E-state index contributed by atoms with van der Waals surface area (Å²) in [6.07, 6.45) is -10.3. The minimum atomic E-state index is -5.18. The molecule has 0 saturated heterocycles. The highest BCUT2D eigenvalue weighted by Crippen LogP contribution is 2.44. The molecule has 0 radical (unpaired) electrons. The van der Waals surface area contributed by atoms with E-state index in [0.717, 1.165) is 6.07 Å². The van der Waals surface area contributed by atoms with E-state index in [2.05, 4.69) is 0 Å². The first kappa shape index (κ1) is 13.6. The molecule has 0 atom stereocenters. The van der Waals surface area contributed by atoms with Crippen molar-refractivity contribution in [2.45, 2.75) is 18.9 Å². The van der Waals surface area contributed by atoms with E-state index >= 15 is 0 Å². The molecule has 1 aromatic carbocycles. The molecule has 96 valence electrons. The van der Waals surface area contributed by atoms with Gasteiger partial charge in [-0.15, -0.1) is 0 Å². The lowest BCUT2D eigenvalue weighted by molar-refractivity contribution is -0.161. The molecule has 0 fully saturated rings. The molecule has 0 amide bonds. The predicted molar refractivity (Wildman–Crippen MR) is 48.7 cm³/mol. The van der Waals surface area contributed by atoms with Crippen LogP contribution in [0, 0.1) is 0 Å². The number of benzene rings is 1. The molecule has 1 rings (SSSR count). The molecule has 0 bridgehead atoms.